The average Bonchev–Trinajstić information content (AvgIpc) is 3.36. The summed E-state index contributed by atoms with van der Waals surface area (Å²) in [6, 6.07) is 6.07. The second-order valence-corrected chi connectivity index (χ2v) is 8.48. The van der Waals surface area contributed by atoms with Gasteiger partial charge in [0.25, 0.3) is 0 Å². The number of carbonyl (C=O) groups is 1. The highest BCUT2D eigenvalue weighted by molar-refractivity contribution is 14.0. The number of rotatable bonds is 9. The topological polar surface area (TPSA) is 60.4 Å². The van der Waals surface area contributed by atoms with E-state index in [4.69, 9.17) is 9.73 Å². The molecule has 33 heavy (non-hydrogen) atoms. The highest BCUT2D eigenvalue weighted by Gasteiger charge is 2.30. The molecule has 1 amide bonds. The summed E-state index contributed by atoms with van der Waals surface area (Å²) < 4.78 is 18.6. The lowest BCUT2D eigenvalue weighted by Crippen LogP contribution is -2.57. The molecule has 2 heterocycles. The Kier molecular flexibility index (Phi) is 12.2. The third-order valence-corrected chi connectivity index (χ3v) is 6.17. The lowest BCUT2D eigenvalue weighted by atomic mass is 10.2. The number of amides is 1. The van der Waals surface area contributed by atoms with Crippen molar-refractivity contribution in [3.05, 3.63) is 30.1 Å². The molecule has 0 radical (unpaired) electrons. The maximum atomic E-state index is 12.9. The number of piperazine rings is 1. The van der Waals surface area contributed by atoms with Crippen molar-refractivity contribution >= 4 is 35.8 Å². The molecule has 1 unspecified atom stereocenters. The molecule has 2 saturated heterocycles. The van der Waals surface area contributed by atoms with E-state index in [1.807, 2.05) is 11.8 Å². The molecule has 9 heteroatoms. The Hall–Kier alpha value is -1.62. The minimum atomic E-state index is -0.254. The van der Waals surface area contributed by atoms with E-state index in [0.29, 0.717) is 12.4 Å². The van der Waals surface area contributed by atoms with Gasteiger partial charge in [-0.2, -0.15) is 0 Å². The van der Waals surface area contributed by atoms with Crippen LogP contribution < -0.4 is 10.1 Å². The van der Waals surface area contributed by atoms with E-state index in [-0.39, 0.29) is 41.7 Å². The summed E-state index contributed by atoms with van der Waals surface area (Å²) in [6.45, 7) is 11.6. The molecule has 0 saturated carbocycles. The molecule has 0 bridgehead atoms. The first-order valence-corrected chi connectivity index (χ1v) is 12.0. The number of nitrogens with zero attached hydrogens (tertiary/aromatic N) is 4. The van der Waals surface area contributed by atoms with Crippen molar-refractivity contribution < 1.29 is 13.9 Å². The third kappa shape index (κ3) is 8.59. The van der Waals surface area contributed by atoms with Gasteiger partial charge in [-0.15, -0.1) is 24.0 Å². The molecular formula is C24H39FIN5O2. The first kappa shape index (κ1) is 27.6. The van der Waals surface area contributed by atoms with Gasteiger partial charge in [-0.25, -0.2) is 4.39 Å². The van der Waals surface area contributed by atoms with E-state index in [2.05, 4.69) is 22.0 Å². The molecule has 2 fully saturated rings. The number of hydrogen-bond acceptors (Lipinski definition) is 4. The number of hydrogen-bond donors (Lipinski definition) is 1. The van der Waals surface area contributed by atoms with Gasteiger partial charge in [0.05, 0.1) is 12.6 Å². The molecule has 2 aliphatic heterocycles. The van der Waals surface area contributed by atoms with Gasteiger partial charge < -0.3 is 19.9 Å². The van der Waals surface area contributed by atoms with Crippen LogP contribution in [-0.4, -0.2) is 91.6 Å². The van der Waals surface area contributed by atoms with E-state index < -0.39 is 0 Å². The van der Waals surface area contributed by atoms with Crippen molar-refractivity contribution in [2.45, 2.75) is 45.6 Å². The van der Waals surface area contributed by atoms with Crippen LogP contribution in [0.2, 0.25) is 0 Å². The van der Waals surface area contributed by atoms with Crippen molar-refractivity contribution in [2.24, 2.45) is 4.99 Å². The first-order valence-electron chi connectivity index (χ1n) is 12.0. The number of likely N-dealkylation sites (tertiary alicyclic amines) is 1. The molecule has 0 aliphatic carbocycles. The standard InChI is InChI=1S/C24H38FN5O2.HI/c1-3-26-24(27-12-4-7-19-32-22-10-8-21(25)9-11-22)30-17-15-28(16-18-30)20(2)23(31)29-13-5-6-14-29;/h8-11,20H,3-7,12-19H2,1-2H3,(H,26,27);1H. The number of ether oxygens (including phenoxy) is 1. The summed E-state index contributed by atoms with van der Waals surface area (Å²) in [7, 11) is 0. The SMILES string of the molecule is CCNC(=NCCCCOc1ccc(F)cc1)N1CCN(C(C)C(=O)N2CCCC2)CC1.I. The largest absolute Gasteiger partial charge is 0.494 e. The molecule has 1 N–H and O–H groups in total. The van der Waals surface area contributed by atoms with Crippen LogP contribution in [0.5, 0.6) is 5.75 Å². The molecule has 3 rings (SSSR count). The quantitative estimate of drug-likeness (QED) is 0.212. The van der Waals surface area contributed by atoms with Crippen LogP contribution >= 0.6 is 24.0 Å². The molecule has 1 aromatic carbocycles. The van der Waals surface area contributed by atoms with Crippen LogP contribution in [0.3, 0.4) is 0 Å². The Labute approximate surface area is 214 Å². The number of carbonyl (C=O) groups excluding carboxylic acids is 1. The summed E-state index contributed by atoms with van der Waals surface area (Å²) >= 11 is 0. The molecule has 2 aliphatic rings. The predicted octanol–water partition coefficient (Wildman–Crippen LogP) is 3.20. The summed E-state index contributed by atoms with van der Waals surface area (Å²) in [6.07, 6.45) is 4.09. The number of aliphatic imine (C=N–C) groups is 1. The Morgan fingerprint density at radius 3 is 2.36 bits per heavy atom. The fourth-order valence-electron chi connectivity index (χ4n) is 4.22. The number of benzene rings is 1. The van der Waals surface area contributed by atoms with Gasteiger partial charge in [-0.1, -0.05) is 0 Å². The maximum absolute atomic E-state index is 12.9. The van der Waals surface area contributed by atoms with Crippen molar-refractivity contribution in [1.82, 2.24) is 20.0 Å². The van der Waals surface area contributed by atoms with Crippen LogP contribution in [0.4, 0.5) is 4.39 Å². The number of nitrogens with one attached hydrogen (secondary N) is 1. The zero-order valence-electron chi connectivity index (χ0n) is 20.0. The summed E-state index contributed by atoms with van der Waals surface area (Å²) in [5.74, 6) is 1.67. The van der Waals surface area contributed by atoms with Gasteiger partial charge >= 0.3 is 0 Å². The second-order valence-electron chi connectivity index (χ2n) is 8.48. The average molecular weight is 576 g/mol. The monoisotopic (exact) mass is 575 g/mol. The molecule has 1 atom stereocenters. The number of guanidine groups is 1. The van der Waals surface area contributed by atoms with Crippen LogP contribution in [0.1, 0.15) is 39.5 Å². The Bertz CT molecular complexity index is 735. The molecular weight excluding hydrogens is 536 g/mol. The summed E-state index contributed by atoms with van der Waals surface area (Å²) in [4.78, 5) is 24.1. The van der Waals surface area contributed by atoms with Gasteiger partial charge in [-0.05, 0) is 63.8 Å². The van der Waals surface area contributed by atoms with E-state index in [9.17, 15) is 9.18 Å². The fourth-order valence-corrected chi connectivity index (χ4v) is 4.22. The van der Waals surface area contributed by atoms with Gasteiger partial charge in [0, 0.05) is 52.4 Å². The van der Waals surface area contributed by atoms with Crippen molar-refractivity contribution in [3.8, 4) is 5.75 Å². The zero-order valence-corrected chi connectivity index (χ0v) is 22.3. The van der Waals surface area contributed by atoms with Gasteiger partial charge in [0.1, 0.15) is 11.6 Å². The smallest absolute Gasteiger partial charge is 0.239 e. The molecule has 7 nitrogen and oxygen atoms in total. The highest BCUT2D eigenvalue weighted by Crippen LogP contribution is 2.14. The van der Waals surface area contributed by atoms with E-state index in [1.54, 1.807) is 12.1 Å². The minimum Gasteiger partial charge on any atom is -0.494 e. The number of halogens is 2. The normalized spacial score (nSPS) is 18.1. The maximum Gasteiger partial charge on any atom is 0.239 e. The van der Waals surface area contributed by atoms with Crippen LogP contribution in [0.15, 0.2) is 29.3 Å². The Morgan fingerprint density at radius 1 is 1.06 bits per heavy atom. The van der Waals surface area contributed by atoms with Crippen molar-refractivity contribution in [1.29, 1.82) is 0 Å². The van der Waals surface area contributed by atoms with Gasteiger partial charge in [0.15, 0.2) is 5.96 Å². The second kappa shape index (κ2) is 14.6. The zero-order chi connectivity index (χ0) is 22.8. The van der Waals surface area contributed by atoms with Gasteiger partial charge in [-0.3, -0.25) is 14.7 Å². The molecule has 1 aromatic rings. The van der Waals surface area contributed by atoms with Crippen LogP contribution in [0.25, 0.3) is 0 Å². The summed E-state index contributed by atoms with van der Waals surface area (Å²) in [5, 5.41) is 3.40. The highest BCUT2D eigenvalue weighted by atomic mass is 127. The fraction of sp³-hybridized carbons (Fsp3) is 0.667. The Morgan fingerprint density at radius 2 is 1.73 bits per heavy atom. The first-order chi connectivity index (χ1) is 15.6. The lowest BCUT2D eigenvalue weighted by molar-refractivity contribution is -0.135. The molecule has 186 valence electrons. The van der Waals surface area contributed by atoms with Crippen LogP contribution in [0, 0.1) is 5.82 Å². The van der Waals surface area contributed by atoms with Crippen molar-refractivity contribution in [2.75, 3.05) is 59.0 Å². The third-order valence-electron chi connectivity index (χ3n) is 6.17. The van der Waals surface area contributed by atoms with Crippen LogP contribution in [-0.2, 0) is 4.79 Å². The predicted molar refractivity (Wildman–Crippen MR) is 141 cm³/mol. The van der Waals surface area contributed by atoms with E-state index in [1.165, 1.54) is 12.1 Å². The van der Waals surface area contributed by atoms with E-state index in [0.717, 1.165) is 84.0 Å². The minimum absolute atomic E-state index is 0. The summed E-state index contributed by atoms with van der Waals surface area (Å²) in [5.41, 5.74) is 0. The van der Waals surface area contributed by atoms with Gasteiger partial charge in [0.2, 0.25) is 5.91 Å². The molecule has 0 aromatic heterocycles. The Balaban J connectivity index is 0.00000385. The van der Waals surface area contributed by atoms with Crippen molar-refractivity contribution in [3.63, 3.8) is 0 Å². The molecule has 0 spiro atoms. The van der Waals surface area contributed by atoms with E-state index >= 15 is 0 Å². The lowest BCUT2D eigenvalue weighted by Gasteiger charge is -2.39. The number of unbranched alkanes of at least 4 members (excludes halogenated alkanes) is 1.